The van der Waals surface area contributed by atoms with Crippen molar-refractivity contribution in [3.63, 3.8) is 0 Å². The number of nitrogens with zero attached hydrogens (tertiary/aromatic N) is 1. The molecule has 5 nitrogen and oxygen atoms in total. The van der Waals surface area contributed by atoms with Gasteiger partial charge >= 0.3 is 5.97 Å². The van der Waals surface area contributed by atoms with Crippen molar-refractivity contribution in [3.05, 3.63) is 23.4 Å². The first-order chi connectivity index (χ1) is 8.02. The van der Waals surface area contributed by atoms with Crippen LogP contribution in [-0.2, 0) is 6.42 Å². The molecular weight excluding hydrogens is 220 g/mol. The molecule has 0 bridgehead atoms. The highest BCUT2D eigenvalue weighted by molar-refractivity contribution is 5.88. The lowest BCUT2D eigenvalue weighted by molar-refractivity contribution is 0.0696. The van der Waals surface area contributed by atoms with Crippen molar-refractivity contribution in [1.29, 1.82) is 0 Å². The van der Waals surface area contributed by atoms with E-state index in [0.29, 0.717) is 25.2 Å². The van der Waals surface area contributed by atoms with Gasteiger partial charge < -0.3 is 15.5 Å². The van der Waals surface area contributed by atoms with Crippen LogP contribution in [-0.4, -0.2) is 33.8 Å². The number of carboxylic acids is 1. The van der Waals surface area contributed by atoms with Gasteiger partial charge in [-0.3, -0.25) is 0 Å². The molecule has 3 N–H and O–H groups in total. The average molecular weight is 238 g/mol. The van der Waals surface area contributed by atoms with Crippen molar-refractivity contribution in [2.45, 2.75) is 32.8 Å². The molecule has 1 heterocycles. The summed E-state index contributed by atoms with van der Waals surface area (Å²) in [5.41, 5.74) is 0.973. The van der Waals surface area contributed by atoms with Gasteiger partial charge in [0.25, 0.3) is 0 Å². The number of hydrogen-bond donors (Lipinski definition) is 3. The van der Waals surface area contributed by atoms with Crippen LogP contribution in [0.1, 0.15) is 36.3 Å². The fourth-order valence-electron chi connectivity index (χ4n) is 1.39. The van der Waals surface area contributed by atoms with Crippen LogP contribution in [0.25, 0.3) is 0 Å². The van der Waals surface area contributed by atoms with E-state index >= 15 is 0 Å². The number of hydrogen-bond acceptors (Lipinski definition) is 4. The Morgan fingerprint density at radius 3 is 2.76 bits per heavy atom. The van der Waals surface area contributed by atoms with E-state index in [0.717, 1.165) is 5.69 Å². The minimum absolute atomic E-state index is 0.233. The third-order valence-corrected chi connectivity index (χ3v) is 2.36. The average Bonchev–Trinajstić information content (AvgIpc) is 2.28. The highest BCUT2D eigenvalue weighted by atomic mass is 16.4. The maximum Gasteiger partial charge on any atom is 0.335 e. The number of aryl methyl sites for hydroxylation is 1. The number of anilines is 1. The van der Waals surface area contributed by atoms with Crippen LogP contribution in [0, 0.1) is 0 Å². The Labute approximate surface area is 101 Å². The Kier molecular flexibility index (Phi) is 4.90. The fraction of sp³-hybridized carbons (Fsp3) is 0.500. The fourth-order valence-corrected chi connectivity index (χ4v) is 1.39. The van der Waals surface area contributed by atoms with Crippen molar-refractivity contribution < 1.29 is 15.0 Å². The summed E-state index contributed by atoms with van der Waals surface area (Å²) in [4.78, 5) is 15.2. The predicted octanol–water partition coefficient (Wildman–Crippen LogP) is 1.52. The lowest BCUT2D eigenvalue weighted by atomic mass is 10.2. The lowest BCUT2D eigenvalue weighted by Crippen LogP contribution is -2.12. The summed E-state index contributed by atoms with van der Waals surface area (Å²) in [6.07, 6.45) is 0.905. The first kappa shape index (κ1) is 13.4. The second kappa shape index (κ2) is 6.20. The molecule has 1 aromatic rings. The lowest BCUT2D eigenvalue weighted by Gasteiger charge is -2.09. The Morgan fingerprint density at radius 2 is 2.24 bits per heavy atom. The molecule has 1 aromatic heterocycles. The summed E-state index contributed by atoms with van der Waals surface area (Å²) in [5.74, 6) is -0.414. The second-order valence-electron chi connectivity index (χ2n) is 3.96. The van der Waals surface area contributed by atoms with Crippen molar-refractivity contribution >= 4 is 11.8 Å². The number of pyridine rings is 1. The molecule has 5 heteroatoms. The predicted molar refractivity (Wildman–Crippen MR) is 65.4 cm³/mol. The summed E-state index contributed by atoms with van der Waals surface area (Å²) < 4.78 is 0. The van der Waals surface area contributed by atoms with Gasteiger partial charge in [0.15, 0.2) is 0 Å². The van der Waals surface area contributed by atoms with E-state index in [-0.39, 0.29) is 11.7 Å². The van der Waals surface area contributed by atoms with Crippen LogP contribution >= 0.6 is 0 Å². The molecule has 0 spiro atoms. The molecule has 0 aliphatic rings. The molecule has 0 saturated heterocycles. The Morgan fingerprint density at radius 1 is 1.53 bits per heavy atom. The number of aromatic nitrogens is 1. The summed E-state index contributed by atoms with van der Waals surface area (Å²) in [6.45, 7) is 4.20. The number of rotatable bonds is 6. The molecule has 94 valence electrons. The molecular formula is C12H18N2O3. The highest BCUT2D eigenvalue weighted by Gasteiger charge is 2.07. The summed E-state index contributed by atoms with van der Waals surface area (Å²) in [7, 11) is 0. The number of aromatic carboxylic acids is 1. The molecule has 1 unspecified atom stereocenters. The van der Waals surface area contributed by atoms with Gasteiger partial charge in [-0.15, -0.1) is 0 Å². The summed E-state index contributed by atoms with van der Waals surface area (Å²) in [5, 5.41) is 21.1. The number of aliphatic hydroxyl groups excluding tert-OH is 1. The zero-order valence-electron chi connectivity index (χ0n) is 10.1. The van der Waals surface area contributed by atoms with Crippen LogP contribution < -0.4 is 5.32 Å². The van der Waals surface area contributed by atoms with E-state index in [9.17, 15) is 4.79 Å². The Balaban J connectivity index is 2.76. The quantitative estimate of drug-likeness (QED) is 0.700. The Bertz CT molecular complexity index is 391. The van der Waals surface area contributed by atoms with Gasteiger partial charge in [-0.2, -0.15) is 0 Å². The molecule has 0 radical (unpaired) electrons. The van der Waals surface area contributed by atoms with Gasteiger partial charge in [-0.25, -0.2) is 9.78 Å². The summed E-state index contributed by atoms with van der Waals surface area (Å²) in [6, 6.07) is 3.08. The van der Waals surface area contributed by atoms with E-state index in [2.05, 4.69) is 10.3 Å². The van der Waals surface area contributed by atoms with E-state index in [4.69, 9.17) is 10.2 Å². The van der Waals surface area contributed by atoms with Crippen molar-refractivity contribution in [3.8, 4) is 0 Å². The van der Waals surface area contributed by atoms with Gasteiger partial charge in [0.1, 0.15) is 5.82 Å². The molecule has 0 aromatic carbocycles. The second-order valence-corrected chi connectivity index (χ2v) is 3.96. The SMILES string of the molecule is CCc1cc(C(=O)O)cc(NCCC(C)O)n1. The molecule has 0 aliphatic carbocycles. The van der Waals surface area contributed by atoms with Crippen LogP contribution in [0.3, 0.4) is 0 Å². The molecule has 0 aliphatic heterocycles. The highest BCUT2D eigenvalue weighted by Crippen LogP contribution is 2.11. The van der Waals surface area contributed by atoms with Gasteiger partial charge in [0, 0.05) is 12.2 Å². The van der Waals surface area contributed by atoms with E-state index in [1.165, 1.54) is 6.07 Å². The normalized spacial score (nSPS) is 12.2. The van der Waals surface area contributed by atoms with Gasteiger partial charge in [0.05, 0.1) is 11.7 Å². The van der Waals surface area contributed by atoms with Crippen LogP contribution in [0.5, 0.6) is 0 Å². The maximum atomic E-state index is 10.9. The van der Waals surface area contributed by atoms with Gasteiger partial charge in [-0.1, -0.05) is 6.92 Å². The van der Waals surface area contributed by atoms with E-state index in [1.807, 2.05) is 6.92 Å². The van der Waals surface area contributed by atoms with Crippen molar-refractivity contribution in [1.82, 2.24) is 4.98 Å². The van der Waals surface area contributed by atoms with E-state index in [1.54, 1.807) is 13.0 Å². The zero-order valence-corrected chi connectivity index (χ0v) is 10.1. The molecule has 17 heavy (non-hydrogen) atoms. The van der Waals surface area contributed by atoms with Crippen LogP contribution in [0.15, 0.2) is 12.1 Å². The molecule has 1 atom stereocenters. The minimum atomic E-state index is -0.958. The first-order valence-corrected chi connectivity index (χ1v) is 5.69. The van der Waals surface area contributed by atoms with Gasteiger partial charge in [-0.05, 0) is 31.9 Å². The monoisotopic (exact) mass is 238 g/mol. The minimum Gasteiger partial charge on any atom is -0.478 e. The number of carboxylic acid groups (broad SMARTS) is 1. The molecule has 0 fully saturated rings. The number of nitrogens with one attached hydrogen (secondary N) is 1. The van der Waals surface area contributed by atoms with Gasteiger partial charge in [0.2, 0.25) is 0 Å². The van der Waals surface area contributed by atoms with Crippen molar-refractivity contribution in [2.75, 3.05) is 11.9 Å². The smallest absolute Gasteiger partial charge is 0.335 e. The van der Waals surface area contributed by atoms with E-state index < -0.39 is 5.97 Å². The number of carbonyl (C=O) groups is 1. The third kappa shape index (κ3) is 4.40. The largest absolute Gasteiger partial charge is 0.478 e. The summed E-state index contributed by atoms with van der Waals surface area (Å²) >= 11 is 0. The topological polar surface area (TPSA) is 82.5 Å². The van der Waals surface area contributed by atoms with Crippen LogP contribution in [0.4, 0.5) is 5.82 Å². The molecule has 0 saturated carbocycles. The van der Waals surface area contributed by atoms with Crippen LogP contribution in [0.2, 0.25) is 0 Å². The number of aliphatic hydroxyl groups is 1. The maximum absolute atomic E-state index is 10.9. The van der Waals surface area contributed by atoms with Crippen molar-refractivity contribution in [2.24, 2.45) is 0 Å². The molecule has 0 amide bonds. The first-order valence-electron chi connectivity index (χ1n) is 5.69. The molecule has 1 rings (SSSR count). The third-order valence-electron chi connectivity index (χ3n) is 2.36. The Hall–Kier alpha value is -1.62. The zero-order chi connectivity index (χ0) is 12.8. The standard InChI is InChI=1S/C12H18N2O3/c1-3-10-6-9(12(16)17)7-11(14-10)13-5-4-8(2)15/h6-8,15H,3-5H2,1-2H3,(H,13,14)(H,16,17).